The van der Waals surface area contributed by atoms with E-state index in [1.165, 1.54) is 37.8 Å². The average molecular weight is 303 g/mol. The van der Waals surface area contributed by atoms with Gasteiger partial charge in [-0.1, -0.05) is 19.8 Å². The molecule has 1 fully saturated rings. The van der Waals surface area contributed by atoms with Crippen molar-refractivity contribution < 1.29 is 4.79 Å². The van der Waals surface area contributed by atoms with E-state index in [0.29, 0.717) is 6.54 Å². The van der Waals surface area contributed by atoms with E-state index in [2.05, 4.69) is 34.6 Å². The van der Waals surface area contributed by atoms with Gasteiger partial charge in [0.1, 0.15) is 0 Å². The third kappa shape index (κ3) is 5.68. The Bertz CT molecular complexity index is 438. The van der Waals surface area contributed by atoms with Crippen LogP contribution in [0.2, 0.25) is 0 Å². The Labute approximate surface area is 134 Å². The number of piperidine rings is 1. The van der Waals surface area contributed by atoms with Gasteiger partial charge in [0, 0.05) is 24.5 Å². The van der Waals surface area contributed by atoms with Crippen LogP contribution in [0, 0.1) is 0 Å². The number of hydrogen-bond donors (Lipinski definition) is 2. The molecule has 1 aromatic rings. The van der Waals surface area contributed by atoms with Crippen LogP contribution < -0.4 is 15.5 Å². The van der Waals surface area contributed by atoms with Gasteiger partial charge in [0.05, 0.1) is 6.54 Å². The lowest BCUT2D eigenvalue weighted by Gasteiger charge is -2.28. The zero-order valence-corrected chi connectivity index (χ0v) is 13.7. The first kappa shape index (κ1) is 16.8. The summed E-state index contributed by atoms with van der Waals surface area (Å²) in [6, 6.07) is 8.21. The minimum absolute atomic E-state index is 0.0298. The van der Waals surface area contributed by atoms with E-state index in [-0.39, 0.29) is 5.91 Å². The average Bonchev–Trinajstić information content (AvgIpc) is 2.56. The molecule has 0 atom stereocenters. The molecule has 1 heterocycles. The molecule has 4 nitrogen and oxygen atoms in total. The van der Waals surface area contributed by atoms with Crippen LogP contribution in [0.4, 0.5) is 11.4 Å². The molecule has 0 radical (unpaired) electrons. The van der Waals surface area contributed by atoms with Crippen molar-refractivity contribution in [2.24, 2.45) is 0 Å². The van der Waals surface area contributed by atoms with Crippen molar-refractivity contribution in [2.75, 3.05) is 36.4 Å². The fraction of sp³-hybridized carbons (Fsp3) is 0.611. The number of nitrogens with one attached hydrogen (secondary N) is 2. The second kappa shape index (κ2) is 9.46. The Balaban J connectivity index is 1.72. The van der Waals surface area contributed by atoms with Crippen molar-refractivity contribution in [3.05, 3.63) is 24.3 Å². The number of carbonyl (C=O) groups is 1. The van der Waals surface area contributed by atoms with E-state index >= 15 is 0 Å². The molecule has 122 valence electrons. The van der Waals surface area contributed by atoms with Gasteiger partial charge in [0.15, 0.2) is 0 Å². The molecule has 2 rings (SSSR count). The smallest absolute Gasteiger partial charge is 0.238 e. The fourth-order valence-electron chi connectivity index (χ4n) is 2.81. The number of benzene rings is 1. The molecule has 1 amide bonds. The molecule has 0 unspecified atom stereocenters. The highest BCUT2D eigenvalue weighted by Gasteiger charge is 2.10. The van der Waals surface area contributed by atoms with E-state index in [0.717, 1.165) is 31.7 Å². The second-order valence-electron chi connectivity index (χ2n) is 6.03. The summed E-state index contributed by atoms with van der Waals surface area (Å²) in [7, 11) is 0. The molecule has 1 aromatic carbocycles. The summed E-state index contributed by atoms with van der Waals surface area (Å²) in [4.78, 5) is 14.3. The summed E-state index contributed by atoms with van der Waals surface area (Å²) >= 11 is 0. The first-order valence-electron chi connectivity index (χ1n) is 8.65. The maximum Gasteiger partial charge on any atom is 0.238 e. The van der Waals surface area contributed by atoms with Crippen molar-refractivity contribution in [3.63, 3.8) is 0 Å². The highest BCUT2D eigenvalue weighted by atomic mass is 16.1. The summed E-state index contributed by atoms with van der Waals surface area (Å²) in [5.41, 5.74) is 2.14. The Morgan fingerprint density at radius 1 is 1.09 bits per heavy atom. The summed E-state index contributed by atoms with van der Waals surface area (Å²) < 4.78 is 0. The summed E-state index contributed by atoms with van der Waals surface area (Å²) in [6.07, 6.45) is 7.46. The second-order valence-corrected chi connectivity index (χ2v) is 6.03. The maximum absolute atomic E-state index is 11.8. The highest BCUT2D eigenvalue weighted by Crippen LogP contribution is 2.21. The fourth-order valence-corrected chi connectivity index (χ4v) is 2.81. The molecule has 4 heteroatoms. The normalized spacial score (nSPS) is 14.9. The Hall–Kier alpha value is -1.55. The number of nitrogens with zero attached hydrogens (tertiary/aromatic N) is 1. The molecule has 0 spiro atoms. The van der Waals surface area contributed by atoms with Crippen LogP contribution in [0.1, 0.15) is 45.4 Å². The maximum atomic E-state index is 11.8. The molecular weight excluding hydrogens is 274 g/mol. The SMILES string of the molecule is CCCCCNCC(=O)Nc1ccc(N2CCCCC2)cc1. The predicted molar refractivity (Wildman–Crippen MR) is 93.5 cm³/mol. The topological polar surface area (TPSA) is 44.4 Å². The van der Waals surface area contributed by atoms with E-state index in [9.17, 15) is 4.79 Å². The van der Waals surface area contributed by atoms with Gasteiger partial charge in [0.25, 0.3) is 0 Å². The minimum Gasteiger partial charge on any atom is -0.372 e. The molecule has 0 aromatic heterocycles. The van der Waals surface area contributed by atoms with E-state index in [1.807, 2.05) is 12.1 Å². The van der Waals surface area contributed by atoms with Crippen LogP contribution in [0.25, 0.3) is 0 Å². The molecule has 22 heavy (non-hydrogen) atoms. The minimum atomic E-state index is 0.0298. The molecule has 0 saturated carbocycles. The zero-order valence-electron chi connectivity index (χ0n) is 13.7. The van der Waals surface area contributed by atoms with Crippen molar-refractivity contribution in [3.8, 4) is 0 Å². The van der Waals surface area contributed by atoms with Gasteiger partial charge in [-0.2, -0.15) is 0 Å². The first-order chi connectivity index (χ1) is 10.8. The van der Waals surface area contributed by atoms with Gasteiger partial charge in [0.2, 0.25) is 5.91 Å². The summed E-state index contributed by atoms with van der Waals surface area (Å²) in [6.45, 7) is 5.77. The quantitative estimate of drug-likeness (QED) is 0.724. The third-order valence-corrected chi connectivity index (χ3v) is 4.11. The summed E-state index contributed by atoms with van der Waals surface area (Å²) in [5.74, 6) is 0.0298. The number of rotatable bonds is 8. The Kier molecular flexibility index (Phi) is 7.23. The number of amides is 1. The van der Waals surface area contributed by atoms with Crippen LogP contribution in [0.15, 0.2) is 24.3 Å². The van der Waals surface area contributed by atoms with Gasteiger partial charge in [-0.3, -0.25) is 4.79 Å². The largest absolute Gasteiger partial charge is 0.372 e. The highest BCUT2D eigenvalue weighted by molar-refractivity contribution is 5.92. The summed E-state index contributed by atoms with van der Waals surface area (Å²) in [5, 5.41) is 6.13. The van der Waals surface area contributed by atoms with Crippen LogP contribution in [0.5, 0.6) is 0 Å². The monoisotopic (exact) mass is 303 g/mol. The van der Waals surface area contributed by atoms with Crippen LogP contribution in [0.3, 0.4) is 0 Å². The molecular formula is C18H29N3O. The number of carbonyl (C=O) groups excluding carboxylic acids is 1. The number of unbranched alkanes of at least 4 members (excludes halogenated alkanes) is 2. The number of hydrogen-bond acceptors (Lipinski definition) is 3. The molecule has 1 aliphatic rings. The molecule has 1 saturated heterocycles. The van der Waals surface area contributed by atoms with Gasteiger partial charge < -0.3 is 15.5 Å². The van der Waals surface area contributed by atoms with E-state index < -0.39 is 0 Å². The lowest BCUT2D eigenvalue weighted by molar-refractivity contribution is -0.115. The van der Waals surface area contributed by atoms with Gasteiger partial charge in [-0.25, -0.2) is 0 Å². The van der Waals surface area contributed by atoms with Crippen molar-refractivity contribution in [2.45, 2.75) is 45.4 Å². The zero-order chi connectivity index (χ0) is 15.6. The van der Waals surface area contributed by atoms with Crippen molar-refractivity contribution in [1.29, 1.82) is 0 Å². The van der Waals surface area contributed by atoms with Crippen molar-refractivity contribution >= 4 is 17.3 Å². The van der Waals surface area contributed by atoms with Gasteiger partial charge >= 0.3 is 0 Å². The Morgan fingerprint density at radius 3 is 2.50 bits per heavy atom. The standard InChI is InChI=1S/C18H29N3O/c1-2-3-5-12-19-15-18(22)20-16-8-10-17(11-9-16)21-13-6-4-7-14-21/h8-11,19H,2-7,12-15H2,1H3,(H,20,22). The van der Waals surface area contributed by atoms with E-state index in [1.54, 1.807) is 0 Å². The van der Waals surface area contributed by atoms with Crippen LogP contribution in [-0.4, -0.2) is 32.1 Å². The first-order valence-corrected chi connectivity index (χ1v) is 8.65. The van der Waals surface area contributed by atoms with Gasteiger partial charge in [-0.15, -0.1) is 0 Å². The van der Waals surface area contributed by atoms with E-state index in [4.69, 9.17) is 0 Å². The van der Waals surface area contributed by atoms with Crippen LogP contribution in [-0.2, 0) is 4.79 Å². The predicted octanol–water partition coefficient (Wildman–Crippen LogP) is 3.40. The Morgan fingerprint density at radius 2 is 1.82 bits per heavy atom. The molecule has 2 N–H and O–H groups in total. The molecule has 0 bridgehead atoms. The lowest BCUT2D eigenvalue weighted by Crippen LogP contribution is -2.29. The number of anilines is 2. The third-order valence-electron chi connectivity index (χ3n) is 4.11. The molecule has 0 aliphatic carbocycles. The lowest BCUT2D eigenvalue weighted by atomic mass is 10.1. The van der Waals surface area contributed by atoms with Crippen LogP contribution >= 0.6 is 0 Å². The van der Waals surface area contributed by atoms with Gasteiger partial charge in [-0.05, 0) is 56.5 Å². The molecule has 1 aliphatic heterocycles. The van der Waals surface area contributed by atoms with Crippen molar-refractivity contribution in [1.82, 2.24) is 5.32 Å².